The molecule has 0 bridgehead atoms. The highest BCUT2D eigenvalue weighted by Gasteiger charge is 2.30. The Bertz CT molecular complexity index is 733. The van der Waals surface area contributed by atoms with Gasteiger partial charge in [0.1, 0.15) is 17.7 Å². The summed E-state index contributed by atoms with van der Waals surface area (Å²) in [6.45, 7) is 3.39. The first kappa shape index (κ1) is 17.6. The van der Waals surface area contributed by atoms with Gasteiger partial charge in [-0.05, 0) is 38.2 Å². The molecular formula is C18H23N3O4. The van der Waals surface area contributed by atoms with Crippen molar-refractivity contribution in [2.45, 2.75) is 44.8 Å². The van der Waals surface area contributed by atoms with Crippen LogP contribution in [-0.2, 0) is 9.47 Å². The SMILES string of the molecule is Cc1[nH]c(=O)c(C#N)cc1C(=O)N[C@@H]1CCOC[C@H]1OCC1CCC1. The molecule has 7 nitrogen and oxygen atoms in total. The lowest BCUT2D eigenvalue weighted by atomic mass is 9.86. The van der Waals surface area contributed by atoms with E-state index in [2.05, 4.69) is 10.3 Å². The number of pyridine rings is 1. The van der Waals surface area contributed by atoms with Crippen LogP contribution < -0.4 is 10.9 Å². The van der Waals surface area contributed by atoms with Crippen LogP contribution in [0.15, 0.2) is 10.9 Å². The molecule has 1 aromatic heterocycles. The number of nitrogens with one attached hydrogen (secondary N) is 2. The first-order chi connectivity index (χ1) is 12.1. The normalized spacial score (nSPS) is 23.5. The third-order valence-electron chi connectivity index (χ3n) is 4.99. The molecule has 1 saturated heterocycles. The number of H-pyrrole nitrogens is 1. The fraction of sp³-hybridized carbons (Fsp3) is 0.611. The van der Waals surface area contributed by atoms with Crippen molar-refractivity contribution in [3.05, 3.63) is 33.2 Å². The lowest BCUT2D eigenvalue weighted by molar-refractivity contribution is -0.0819. The van der Waals surface area contributed by atoms with Crippen molar-refractivity contribution in [2.24, 2.45) is 5.92 Å². The highest BCUT2D eigenvalue weighted by molar-refractivity contribution is 5.95. The number of hydrogen-bond donors (Lipinski definition) is 2. The Morgan fingerprint density at radius 2 is 2.28 bits per heavy atom. The van der Waals surface area contributed by atoms with Crippen LogP contribution in [0.25, 0.3) is 0 Å². The zero-order chi connectivity index (χ0) is 17.8. The van der Waals surface area contributed by atoms with Crippen LogP contribution in [0.3, 0.4) is 0 Å². The van der Waals surface area contributed by atoms with Crippen molar-refractivity contribution in [3.8, 4) is 6.07 Å². The van der Waals surface area contributed by atoms with Crippen LogP contribution >= 0.6 is 0 Å². The van der Waals surface area contributed by atoms with Gasteiger partial charge in [-0.3, -0.25) is 9.59 Å². The zero-order valence-corrected chi connectivity index (χ0v) is 14.3. The maximum Gasteiger partial charge on any atom is 0.266 e. The summed E-state index contributed by atoms with van der Waals surface area (Å²) in [5.74, 6) is 0.312. The van der Waals surface area contributed by atoms with E-state index >= 15 is 0 Å². The van der Waals surface area contributed by atoms with Crippen molar-refractivity contribution in [1.29, 1.82) is 5.26 Å². The molecule has 0 aromatic carbocycles. The van der Waals surface area contributed by atoms with Crippen LogP contribution in [0.2, 0.25) is 0 Å². The molecule has 2 heterocycles. The lowest BCUT2D eigenvalue weighted by Gasteiger charge is -2.34. The number of carbonyl (C=O) groups is 1. The van der Waals surface area contributed by atoms with Crippen LogP contribution in [0.5, 0.6) is 0 Å². The van der Waals surface area contributed by atoms with Crippen LogP contribution in [0.1, 0.15) is 47.3 Å². The molecule has 3 rings (SSSR count). The molecule has 7 heteroatoms. The van der Waals surface area contributed by atoms with E-state index in [1.54, 1.807) is 6.92 Å². The molecule has 134 valence electrons. The average Bonchev–Trinajstić information content (AvgIpc) is 2.55. The van der Waals surface area contributed by atoms with Crippen molar-refractivity contribution in [2.75, 3.05) is 19.8 Å². The Balaban J connectivity index is 1.67. The second-order valence-electron chi connectivity index (χ2n) is 6.77. The molecule has 0 spiro atoms. The number of carbonyl (C=O) groups excluding carboxylic acids is 1. The highest BCUT2D eigenvalue weighted by atomic mass is 16.5. The van der Waals surface area contributed by atoms with E-state index in [-0.39, 0.29) is 23.6 Å². The number of nitrogens with zero attached hydrogens (tertiary/aromatic N) is 1. The number of aromatic nitrogens is 1. The third-order valence-corrected chi connectivity index (χ3v) is 4.99. The molecule has 0 radical (unpaired) electrons. The molecule has 1 saturated carbocycles. The number of hydrogen-bond acceptors (Lipinski definition) is 5. The summed E-state index contributed by atoms with van der Waals surface area (Å²) < 4.78 is 11.5. The maximum atomic E-state index is 12.6. The summed E-state index contributed by atoms with van der Waals surface area (Å²) in [5.41, 5.74) is 0.200. The lowest BCUT2D eigenvalue weighted by Crippen LogP contribution is -2.50. The van der Waals surface area contributed by atoms with Gasteiger partial charge >= 0.3 is 0 Å². The number of aromatic amines is 1. The first-order valence-corrected chi connectivity index (χ1v) is 8.72. The molecule has 0 unspecified atom stereocenters. The smallest absolute Gasteiger partial charge is 0.266 e. The molecule has 1 aliphatic carbocycles. The minimum absolute atomic E-state index is 0.0690. The predicted octanol–water partition coefficient (Wildman–Crippen LogP) is 1.26. The molecule has 25 heavy (non-hydrogen) atoms. The minimum atomic E-state index is -0.482. The van der Waals surface area contributed by atoms with Crippen molar-refractivity contribution in [3.63, 3.8) is 0 Å². The Labute approximate surface area is 146 Å². The average molecular weight is 345 g/mol. The summed E-state index contributed by atoms with van der Waals surface area (Å²) in [6.07, 6.45) is 4.18. The molecule has 2 fully saturated rings. The van der Waals surface area contributed by atoms with Crippen LogP contribution in [0, 0.1) is 24.2 Å². The van der Waals surface area contributed by atoms with Gasteiger partial charge < -0.3 is 19.8 Å². The van der Waals surface area contributed by atoms with E-state index in [0.717, 1.165) is 0 Å². The fourth-order valence-electron chi connectivity index (χ4n) is 3.15. The molecule has 2 atom stereocenters. The molecule has 1 aliphatic heterocycles. The summed E-state index contributed by atoms with van der Waals surface area (Å²) in [4.78, 5) is 26.8. The molecule has 2 aliphatic rings. The summed E-state index contributed by atoms with van der Waals surface area (Å²) in [5, 5.41) is 12.0. The number of ether oxygens (including phenoxy) is 2. The van der Waals surface area contributed by atoms with E-state index in [4.69, 9.17) is 14.7 Å². The van der Waals surface area contributed by atoms with Gasteiger partial charge in [-0.15, -0.1) is 0 Å². The quantitative estimate of drug-likeness (QED) is 0.836. The standard InChI is InChI=1S/C18H23N3O4/c1-11-14(7-13(8-19)17(22)20-11)18(23)21-15-5-6-24-10-16(15)25-9-12-3-2-4-12/h7,12,15-16H,2-6,9-10H2,1H3,(H,20,22)(H,21,23)/t15-,16-/m1/s1. The van der Waals surface area contributed by atoms with E-state index in [1.807, 2.05) is 6.07 Å². The van der Waals surface area contributed by atoms with E-state index in [1.165, 1.54) is 25.3 Å². The monoisotopic (exact) mass is 345 g/mol. The summed E-state index contributed by atoms with van der Waals surface area (Å²) in [6, 6.07) is 3.01. The minimum Gasteiger partial charge on any atom is -0.379 e. The van der Waals surface area contributed by atoms with Crippen LogP contribution in [0.4, 0.5) is 0 Å². The molecule has 1 amide bonds. The van der Waals surface area contributed by atoms with Gasteiger partial charge in [0.2, 0.25) is 0 Å². The van der Waals surface area contributed by atoms with Crippen LogP contribution in [-0.4, -0.2) is 42.9 Å². The second kappa shape index (κ2) is 7.81. The number of aryl methyl sites for hydroxylation is 1. The van der Waals surface area contributed by atoms with Gasteiger partial charge in [0.05, 0.1) is 18.2 Å². The van der Waals surface area contributed by atoms with Crippen molar-refractivity contribution in [1.82, 2.24) is 10.3 Å². The third kappa shape index (κ3) is 4.09. The van der Waals surface area contributed by atoms with E-state index in [0.29, 0.717) is 43.4 Å². The van der Waals surface area contributed by atoms with Gasteiger partial charge in [0.15, 0.2) is 0 Å². The van der Waals surface area contributed by atoms with Crippen molar-refractivity contribution < 1.29 is 14.3 Å². The number of amides is 1. The largest absolute Gasteiger partial charge is 0.379 e. The molecule has 1 aromatic rings. The second-order valence-corrected chi connectivity index (χ2v) is 6.77. The van der Waals surface area contributed by atoms with Gasteiger partial charge in [-0.25, -0.2) is 0 Å². The van der Waals surface area contributed by atoms with E-state index < -0.39 is 5.56 Å². The van der Waals surface area contributed by atoms with Gasteiger partial charge in [0.25, 0.3) is 11.5 Å². The topological polar surface area (TPSA) is 104 Å². The Kier molecular flexibility index (Phi) is 5.51. The maximum absolute atomic E-state index is 12.6. The Hall–Kier alpha value is -2.17. The van der Waals surface area contributed by atoms with E-state index in [9.17, 15) is 9.59 Å². The zero-order valence-electron chi connectivity index (χ0n) is 14.3. The predicted molar refractivity (Wildman–Crippen MR) is 90.3 cm³/mol. The van der Waals surface area contributed by atoms with Gasteiger partial charge in [-0.1, -0.05) is 6.42 Å². The van der Waals surface area contributed by atoms with Gasteiger partial charge in [0, 0.05) is 18.9 Å². The summed E-state index contributed by atoms with van der Waals surface area (Å²) in [7, 11) is 0. The number of nitriles is 1. The highest BCUT2D eigenvalue weighted by Crippen LogP contribution is 2.27. The van der Waals surface area contributed by atoms with Crippen molar-refractivity contribution >= 4 is 5.91 Å². The Morgan fingerprint density at radius 3 is 2.96 bits per heavy atom. The Morgan fingerprint density at radius 1 is 1.48 bits per heavy atom. The molecule has 2 N–H and O–H groups in total. The molecular weight excluding hydrogens is 322 g/mol. The first-order valence-electron chi connectivity index (χ1n) is 8.72. The van der Waals surface area contributed by atoms with Gasteiger partial charge in [-0.2, -0.15) is 5.26 Å². The number of rotatable bonds is 5. The summed E-state index contributed by atoms with van der Waals surface area (Å²) >= 11 is 0. The fourth-order valence-corrected chi connectivity index (χ4v) is 3.15.